The Morgan fingerprint density at radius 2 is 1.54 bits per heavy atom. The zero-order valence-corrected chi connectivity index (χ0v) is 16.1. The van der Waals surface area contributed by atoms with Crippen LogP contribution in [0.5, 0.6) is 0 Å². The Bertz CT molecular complexity index is 1020. The minimum absolute atomic E-state index is 0.325. The highest BCUT2D eigenvalue weighted by Crippen LogP contribution is 2.21. The first-order valence-electron chi connectivity index (χ1n) is 7.39. The molecule has 1 amide bonds. The van der Waals surface area contributed by atoms with Gasteiger partial charge in [0.05, 0.1) is 18.2 Å². The smallest absolute Gasteiger partial charge is 0.255 e. The van der Waals surface area contributed by atoms with Gasteiger partial charge in [-0.25, -0.2) is 16.8 Å². The minimum atomic E-state index is -3.41. The van der Waals surface area contributed by atoms with Crippen LogP contribution in [0.15, 0.2) is 48.5 Å². The van der Waals surface area contributed by atoms with Crippen molar-refractivity contribution < 1.29 is 21.6 Å². The minimum Gasteiger partial charge on any atom is -0.322 e. The molecule has 10 heteroatoms. The van der Waals surface area contributed by atoms with E-state index in [0.717, 1.165) is 16.8 Å². The molecule has 8 nitrogen and oxygen atoms in total. The van der Waals surface area contributed by atoms with Gasteiger partial charge < -0.3 is 5.32 Å². The summed E-state index contributed by atoms with van der Waals surface area (Å²) in [5.74, 6) is -0.407. The van der Waals surface area contributed by atoms with Crippen molar-refractivity contribution in [2.45, 2.75) is 0 Å². The van der Waals surface area contributed by atoms with Gasteiger partial charge in [0.1, 0.15) is 0 Å². The topological polar surface area (TPSA) is 113 Å². The number of hydrogen-bond acceptors (Lipinski definition) is 5. The van der Waals surface area contributed by atoms with Crippen LogP contribution in [0.2, 0.25) is 0 Å². The van der Waals surface area contributed by atoms with E-state index in [1.165, 1.54) is 31.3 Å². The SMILES string of the molecule is CN(c1cccc(NC(=O)c2ccc(NS(C)(=O)=O)cc2)c1)S(C)(=O)=O. The molecule has 0 aliphatic carbocycles. The second-order valence-corrected chi connectivity index (χ2v) is 9.45. The summed E-state index contributed by atoms with van der Waals surface area (Å²) in [4.78, 5) is 12.3. The lowest BCUT2D eigenvalue weighted by Gasteiger charge is -2.17. The van der Waals surface area contributed by atoms with Crippen LogP contribution >= 0.6 is 0 Å². The summed E-state index contributed by atoms with van der Waals surface area (Å²) in [7, 11) is -5.38. The van der Waals surface area contributed by atoms with E-state index >= 15 is 0 Å². The molecule has 2 aromatic carbocycles. The first-order valence-corrected chi connectivity index (χ1v) is 11.1. The molecule has 0 heterocycles. The molecule has 0 fully saturated rings. The molecule has 0 aromatic heterocycles. The molecule has 0 atom stereocenters. The second-order valence-electron chi connectivity index (χ2n) is 5.69. The van der Waals surface area contributed by atoms with Gasteiger partial charge >= 0.3 is 0 Å². The van der Waals surface area contributed by atoms with Crippen molar-refractivity contribution in [3.63, 3.8) is 0 Å². The van der Waals surface area contributed by atoms with Crippen molar-refractivity contribution in [3.05, 3.63) is 54.1 Å². The largest absolute Gasteiger partial charge is 0.322 e. The van der Waals surface area contributed by atoms with E-state index < -0.39 is 26.0 Å². The van der Waals surface area contributed by atoms with Crippen LogP contribution < -0.4 is 14.3 Å². The average Bonchev–Trinajstić information content (AvgIpc) is 2.52. The predicted octanol–water partition coefficient (Wildman–Crippen LogP) is 1.71. The molecular formula is C16H19N3O5S2. The number of rotatable bonds is 6. The Kier molecular flexibility index (Phi) is 5.57. The van der Waals surface area contributed by atoms with E-state index in [1.807, 2.05) is 0 Å². The summed E-state index contributed by atoms with van der Waals surface area (Å²) in [6.07, 6.45) is 2.12. The Hall–Kier alpha value is -2.59. The van der Waals surface area contributed by atoms with Crippen LogP contribution in [0, 0.1) is 0 Å². The van der Waals surface area contributed by atoms with E-state index in [1.54, 1.807) is 24.3 Å². The Morgan fingerprint density at radius 3 is 2.08 bits per heavy atom. The number of nitrogens with one attached hydrogen (secondary N) is 2. The highest BCUT2D eigenvalue weighted by Gasteiger charge is 2.13. The van der Waals surface area contributed by atoms with E-state index in [-0.39, 0.29) is 0 Å². The summed E-state index contributed by atoms with van der Waals surface area (Å²) in [5, 5.41) is 2.67. The summed E-state index contributed by atoms with van der Waals surface area (Å²) < 4.78 is 49.0. The summed E-state index contributed by atoms with van der Waals surface area (Å²) >= 11 is 0. The molecule has 0 aliphatic heterocycles. The standard InChI is InChI=1S/C16H19N3O5S2/c1-19(26(3,23)24)15-6-4-5-14(11-15)17-16(20)12-7-9-13(10-8-12)18-25(2,21)22/h4-11,18H,1-3H3,(H,17,20). The molecule has 0 unspecified atom stereocenters. The van der Waals surface area contributed by atoms with Gasteiger partial charge in [-0.2, -0.15) is 0 Å². The third-order valence-electron chi connectivity index (χ3n) is 3.42. The number of sulfonamides is 2. The normalized spacial score (nSPS) is 11.7. The molecule has 2 rings (SSSR count). The van der Waals surface area contributed by atoms with Crippen LogP contribution in [0.1, 0.15) is 10.4 Å². The van der Waals surface area contributed by atoms with Crippen molar-refractivity contribution in [3.8, 4) is 0 Å². The van der Waals surface area contributed by atoms with Gasteiger partial charge in [0.25, 0.3) is 5.91 Å². The van der Waals surface area contributed by atoms with Crippen molar-refractivity contribution in [2.75, 3.05) is 33.9 Å². The molecule has 26 heavy (non-hydrogen) atoms. The number of carbonyl (C=O) groups excluding carboxylic acids is 1. The summed E-state index contributed by atoms with van der Waals surface area (Å²) in [6.45, 7) is 0. The fourth-order valence-corrected chi connectivity index (χ4v) is 3.14. The summed E-state index contributed by atoms with van der Waals surface area (Å²) in [6, 6.07) is 12.3. The van der Waals surface area contributed by atoms with Crippen LogP contribution in [0.25, 0.3) is 0 Å². The van der Waals surface area contributed by atoms with E-state index in [9.17, 15) is 21.6 Å². The monoisotopic (exact) mass is 397 g/mol. The molecule has 2 aromatic rings. The molecule has 0 radical (unpaired) electrons. The second kappa shape index (κ2) is 7.34. The number of nitrogens with zero attached hydrogens (tertiary/aromatic N) is 1. The van der Waals surface area contributed by atoms with E-state index in [2.05, 4.69) is 10.0 Å². The lowest BCUT2D eigenvalue weighted by Crippen LogP contribution is -2.24. The van der Waals surface area contributed by atoms with Gasteiger partial charge in [-0.05, 0) is 42.5 Å². The zero-order valence-electron chi connectivity index (χ0n) is 14.4. The third-order valence-corrected chi connectivity index (χ3v) is 5.23. The number of hydrogen-bond donors (Lipinski definition) is 2. The number of amides is 1. The van der Waals surface area contributed by atoms with Crippen LogP contribution in [-0.4, -0.2) is 42.3 Å². The maximum Gasteiger partial charge on any atom is 0.255 e. The van der Waals surface area contributed by atoms with Gasteiger partial charge in [0, 0.05) is 24.0 Å². The van der Waals surface area contributed by atoms with Crippen molar-refractivity contribution in [1.29, 1.82) is 0 Å². The Labute approximate surface area is 152 Å². The van der Waals surface area contributed by atoms with Crippen LogP contribution in [-0.2, 0) is 20.0 Å². The predicted molar refractivity (Wildman–Crippen MR) is 103 cm³/mol. The van der Waals surface area contributed by atoms with Gasteiger partial charge in [-0.1, -0.05) is 6.07 Å². The van der Waals surface area contributed by atoms with Crippen molar-refractivity contribution in [2.24, 2.45) is 0 Å². The van der Waals surface area contributed by atoms with E-state index in [0.29, 0.717) is 22.6 Å². The Morgan fingerprint density at radius 1 is 0.923 bits per heavy atom. The fourth-order valence-electron chi connectivity index (χ4n) is 2.08. The summed E-state index contributed by atoms with van der Waals surface area (Å²) in [5.41, 5.74) is 1.52. The maximum absolute atomic E-state index is 12.3. The molecule has 0 spiro atoms. The van der Waals surface area contributed by atoms with Crippen molar-refractivity contribution >= 4 is 43.0 Å². The highest BCUT2D eigenvalue weighted by molar-refractivity contribution is 7.92. The highest BCUT2D eigenvalue weighted by atomic mass is 32.2. The first-order chi connectivity index (χ1) is 12.0. The number of benzene rings is 2. The average molecular weight is 397 g/mol. The lowest BCUT2D eigenvalue weighted by atomic mass is 10.2. The molecule has 140 valence electrons. The third kappa shape index (κ3) is 5.46. The maximum atomic E-state index is 12.3. The van der Waals surface area contributed by atoms with E-state index in [4.69, 9.17) is 0 Å². The molecule has 2 N–H and O–H groups in total. The molecule has 0 saturated heterocycles. The molecule has 0 saturated carbocycles. The molecule has 0 bridgehead atoms. The van der Waals surface area contributed by atoms with Crippen molar-refractivity contribution in [1.82, 2.24) is 0 Å². The quantitative estimate of drug-likeness (QED) is 0.770. The first kappa shape index (κ1) is 19.7. The van der Waals surface area contributed by atoms with Gasteiger partial charge in [0.2, 0.25) is 20.0 Å². The zero-order chi connectivity index (χ0) is 19.5. The van der Waals surface area contributed by atoms with Gasteiger partial charge in [-0.15, -0.1) is 0 Å². The van der Waals surface area contributed by atoms with Gasteiger partial charge in [0.15, 0.2) is 0 Å². The number of carbonyl (C=O) groups is 1. The fraction of sp³-hybridized carbons (Fsp3) is 0.188. The number of anilines is 3. The molecule has 0 aliphatic rings. The van der Waals surface area contributed by atoms with Gasteiger partial charge in [-0.3, -0.25) is 13.8 Å². The Balaban J connectivity index is 2.15. The lowest BCUT2D eigenvalue weighted by molar-refractivity contribution is 0.102. The molecular weight excluding hydrogens is 378 g/mol. The van der Waals surface area contributed by atoms with Crippen LogP contribution in [0.3, 0.4) is 0 Å². The van der Waals surface area contributed by atoms with Crippen LogP contribution in [0.4, 0.5) is 17.1 Å².